The molecule has 0 fully saturated rings. The van der Waals surface area contributed by atoms with E-state index in [2.05, 4.69) is 5.32 Å². The second-order valence-corrected chi connectivity index (χ2v) is 4.87. The molecule has 1 N–H and O–H groups in total. The van der Waals surface area contributed by atoms with Gasteiger partial charge < -0.3 is 10.1 Å². The molecule has 0 aliphatic heterocycles. The van der Waals surface area contributed by atoms with Crippen molar-refractivity contribution in [3.05, 3.63) is 59.7 Å². The van der Waals surface area contributed by atoms with Gasteiger partial charge in [-0.2, -0.15) is 13.2 Å². The predicted molar refractivity (Wildman–Crippen MR) is 81.4 cm³/mol. The molecule has 6 heteroatoms. The van der Waals surface area contributed by atoms with E-state index in [-0.39, 0.29) is 12.4 Å². The van der Waals surface area contributed by atoms with Crippen molar-refractivity contribution in [2.24, 2.45) is 0 Å². The molecule has 1 amide bonds. The zero-order valence-electron chi connectivity index (χ0n) is 12.5. The van der Waals surface area contributed by atoms with E-state index in [1.54, 1.807) is 12.1 Å². The van der Waals surface area contributed by atoms with E-state index >= 15 is 0 Å². The van der Waals surface area contributed by atoms with Gasteiger partial charge in [-0.1, -0.05) is 31.2 Å². The van der Waals surface area contributed by atoms with Crippen LogP contribution in [-0.4, -0.2) is 12.5 Å². The van der Waals surface area contributed by atoms with Crippen molar-refractivity contribution in [2.75, 3.05) is 11.9 Å². The Bertz CT molecular complexity index is 684. The molecule has 0 radical (unpaired) electrons. The molecule has 2 rings (SSSR count). The number of nitrogens with one attached hydrogen (secondary N) is 1. The fourth-order valence-corrected chi connectivity index (χ4v) is 2.05. The van der Waals surface area contributed by atoms with Crippen LogP contribution in [0.5, 0.6) is 5.75 Å². The van der Waals surface area contributed by atoms with Crippen LogP contribution in [0.25, 0.3) is 0 Å². The summed E-state index contributed by atoms with van der Waals surface area (Å²) in [5.74, 6) is -0.429. The van der Waals surface area contributed by atoms with Crippen molar-refractivity contribution >= 4 is 11.6 Å². The lowest BCUT2D eigenvalue weighted by Crippen LogP contribution is -2.21. The highest BCUT2D eigenvalue weighted by Gasteiger charge is 2.30. The summed E-state index contributed by atoms with van der Waals surface area (Å²) in [5, 5.41) is 2.69. The van der Waals surface area contributed by atoms with Crippen LogP contribution in [0.4, 0.5) is 18.9 Å². The quantitative estimate of drug-likeness (QED) is 0.891. The van der Waals surface area contributed by atoms with Crippen molar-refractivity contribution in [3.63, 3.8) is 0 Å². The second-order valence-electron chi connectivity index (χ2n) is 4.87. The summed E-state index contributed by atoms with van der Waals surface area (Å²) in [7, 11) is 0. The van der Waals surface area contributed by atoms with Crippen LogP contribution >= 0.6 is 0 Å². The number of carbonyl (C=O) groups excluding carboxylic acids is 1. The number of halogens is 3. The van der Waals surface area contributed by atoms with Gasteiger partial charge in [-0.3, -0.25) is 4.79 Å². The van der Waals surface area contributed by atoms with Crippen LogP contribution in [0.2, 0.25) is 0 Å². The Morgan fingerprint density at radius 3 is 2.57 bits per heavy atom. The smallest absolute Gasteiger partial charge is 0.416 e. The maximum absolute atomic E-state index is 12.6. The van der Waals surface area contributed by atoms with E-state index < -0.39 is 17.6 Å². The van der Waals surface area contributed by atoms with Gasteiger partial charge in [0.25, 0.3) is 5.91 Å². The minimum Gasteiger partial charge on any atom is -0.484 e. The number of aryl methyl sites for hydroxylation is 1. The molecular weight excluding hydrogens is 307 g/mol. The standard InChI is InChI=1S/C17H16F3NO2/c1-2-12-6-3-4-9-15(12)21-16(22)11-23-14-8-5-7-13(10-14)17(18,19)20/h3-10H,2,11H2,1H3,(H,21,22). The topological polar surface area (TPSA) is 38.3 Å². The molecule has 0 bridgehead atoms. The lowest BCUT2D eigenvalue weighted by atomic mass is 10.1. The fraction of sp³-hybridized carbons (Fsp3) is 0.235. The third-order valence-electron chi connectivity index (χ3n) is 3.20. The minimum atomic E-state index is -4.44. The Morgan fingerprint density at radius 1 is 1.13 bits per heavy atom. The Kier molecular flexibility index (Phi) is 5.26. The van der Waals surface area contributed by atoms with E-state index in [9.17, 15) is 18.0 Å². The summed E-state index contributed by atoms with van der Waals surface area (Å²) >= 11 is 0. The van der Waals surface area contributed by atoms with Crippen molar-refractivity contribution < 1.29 is 22.7 Å². The summed E-state index contributed by atoms with van der Waals surface area (Å²) in [6, 6.07) is 11.8. The van der Waals surface area contributed by atoms with Crippen molar-refractivity contribution in [3.8, 4) is 5.75 Å². The van der Waals surface area contributed by atoms with Gasteiger partial charge in [-0.05, 0) is 36.2 Å². The zero-order valence-corrected chi connectivity index (χ0v) is 12.5. The molecule has 23 heavy (non-hydrogen) atoms. The molecule has 2 aromatic carbocycles. The van der Waals surface area contributed by atoms with Gasteiger partial charge in [-0.15, -0.1) is 0 Å². The van der Waals surface area contributed by atoms with E-state index in [0.717, 1.165) is 24.1 Å². The zero-order chi connectivity index (χ0) is 16.9. The van der Waals surface area contributed by atoms with E-state index in [0.29, 0.717) is 5.69 Å². The molecule has 0 spiro atoms. The number of benzene rings is 2. The first-order chi connectivity index (χ1) is 10.9. The number of anilines is 1. The third-order valence-corrected chi connectivity index (χ3v) is 3.20. The van der Waals surface area contributed by atoms with Gasteiger partial charge in [0.1, 0.15) is 5.75 Å². The van der Waals surface area contributed by atoms with Crippen molar-refractivity contribution in [1.29, 1.82) is 0 Å². The van der Waals surface area contributed by atoms with Gasteiger partial charge in [0.15, 0.2) is 6.61 Å². The molecule has 3 nitrogen and oxygen atoms in total. The molecule has 2 aromatic rings. The molecule has 0 unspecified atom stereocenters. The fourth-order valence-electron chi connectivity index (χ4n) is 2.05. The van der Waals surface area contributed by atoms with Crippen LogP contribution in [0, 0.1) is 0 Å². The first-order valence-electron chi connectivity index (χ1n) is 7.08. The summed E-state index contributed by atoms with van der Waals surface area (Å²) in [5.41, 5.74) is 0.833. The molecule has 0 saturated carbocycles. The van der Waals surface area contributed by atoms with Crippen molar-refractivity contribution in [2.45, 2.75) is 19.5 Å². The maximum atomic E-state index is 12.6. The molecule has 122 valence electrons. The number of alkyl halides is 3. The summed E-state index contributed by atoms with van der Waals surface area (Å²) in [6.07, 6.45) is -3.69. The number of ether oxygens (including phenoxy) is 1. The normalized spacial score (nSPS) is 11.1. The van der Waals surface area contributed by atoms with E-state index in [1.165, 1.54) is 12.1 Å². The summed E-state index contributed by atoms with van der Waals surface area (Å²) < 4.78 is 42.9. The Labute approximate surface area is 132 Å². The number of amides is 1. The van der Waals surface area contributed by atoms with Crippen molar-refractivity contribution in [1.82, 2.24) is 0 Å². The lowest BCUT2D eigenvalue weighted by Gasteiger charge is -2.12. The van der Waals surface area contributed by atoms with Gasteiger partial charge in [-0.25, -0.2) is 0 Å². The molecule has 0 atom stereocenters. The third kappa shape index (κ3) is 4.74. The molecule has 0 aliphatic carbocycles. The van der Waals surface area contributed by atoms with Gasteiger partial charge >= 0.3 is 6.18 Å². The highest BCUT2D eigenvalue weighted by molar-refractivity contribution is 5.92. The summed E-state index contributed by atoms with van der Waals surface area (Å²) in [6.45, 7) is 1.60. The molecule has 0 aliphatic rings. The first-order valence-corrected chi connectivity index (χ1v) is 7.08. The average Bonchev–Trinajstić information content (AvgIpc) is 2.53. The summed E-state index contributed by atoms with van der Waals surface area (Å²) in [4.78, 5) is 11.9. The first kappa shape index (κ1) is 16.9. The number of hydrogen-bond donors (Lipinski definition) is 1. The second kappa shape index (κ2) is 7.17. The minimum absolute atomic E-state index is 0.00116. The number of para-hydroxylation sites is 1. The number of carbonyl (C=O) groups is 1. The van der Waals surface area contributed by atoms with Gasteiger partial charge in [0.2, 0.25) is 0 Å². The monoisotopic (exact) mass is 323 g/mol. The van der Waals surface area contributed by atoms with E-state index in [1.807, 2.05) is 19.1 Å². The molecule has 0 saturated heterocycles. The molecule has 0 aromatic heterocycles. The maximum Gasteiger partial charge on any atom is 0.416 e. The van der Waals surface area contributed by atoms with Crippen LogP contribution < -0.4 is 10.1 Å². The highest BCUT2D eigenvalue weighted by atomic mass is 19.4. The Morgan fingerprint density at radius 2 is 1.87 bits per heavy atom. The van der Waals surface area contributed by atoms with Crippen LogP contribution in [0.3, 0.4) is 0 Å². The van der Waals surface area contributed by atoms with Gasteiger partial charge in [0, 0.05) is 5.69 Å². The Balaban J connectivity index is 1.97. The van der Waals surface area contributed by atoms with Crippen LogP contribution in [-0.2, 0) is 17.4 Å². The number of hydrogen-bond acceptors (Lipinski definition) is 2. The van der Waals surface area contributed by atoms with Crippen LogP contribution in [0.15, 0.2) is 48.5 Å². The predicted octanol–water partition coefficient (Wildman–Crippen LogP) is 4.29. The SMILES string of the molecule is CCc1ccccc1NC(=O)COc1cccc(C(F)(F)F)c1. The number of rotatable bonds is 5. The molecule has 0 heterocycles. The lowest BCUT2D eigenvalue weighted by molar-refractivity contribution is -0.137. The molecular formula is C17H16F3NO2. The Hall–Kier alpha value is -2.50. The largest absolute Gasteiger partial charge is 0.484 e. The highest BCUT2D eigenvalue weighted by Crippen LogP contribution is 2.31. The average molecular weight is 323 g/mol. The van der Waals surface area contributed by atoms with Crippen LogP contribution in [0.1, 0.15) is 18.1 Å². The van der Waals surface area contributed by atoms with Gasteiger partial charge in [0.05, 0.1) is 5.56 Å². The van der Waals surface area contributed by atoms with E-state index in [4.69, 9.17) is 4.74 Å².